The summed E-state index contributed by atoms with van der Waals surface area (Å²) in [7, 11) is 0. The zero-order valence-electron chi connectivity index (χ0n) is 17.7. The van der Waals surface area contributed by atoms with Gasteiger partial charge >= 0.3 is 5.97 Å². The summed E-state index contributed by atoms with van der Waals surface area (Å²) in [4.78, 5) is 12.2. The third kappa shape index (κ3) is 6.01. The summed E-state index contributed by atoms with van der Waals surface area (Å²) in [6, 6.07) is 18.6. The minimum atomic E-state index is -0.485. The van der Waals surface area contributed by atoms with Crippen LogP contribution in [0.4, 0.5) is 11.4 Å². The van der Waals surface area contributed by atoms with E-state index in [9.17, 15) is 4.79 Å². The minimum absolute atomic E-state index is 0.0877. The zero-order chi connectivity index (χ0) is 22.9. The topological polar surface area (TPSA) is 76.2 Å². The molecule has 0 aliphatic rings. The molecule has 8 heteroatoms. The first-order chi connectivity index (χ1) is 15.5. The van der Waals surface area contributed by atoms with Crippen molar-refractivity contribution in [3.05, 3.63) is 88.0 Å². The predicted molar refractivity (Wildman–Crippen MR) is 129 cm³/mol. The van der Waals surface area contributed by atoms with E-state index in [1.54, 1.807) is 30.3 Å². The second-order valence-corrected chi connectivity index (χ2v) is 7.51. The molecule has 32 heavy (non-hydrogen) atoms. The van der Waals surface area contributed by atoms with E-state index < -0.39 is 5.97 Å². The number of ether oxygens (including phenoxy) is 2. The lowest BCUT2D eigenvalue weighted by Gasteiger charge is -2.15. The van der Waals surface area contributed by atoms with Crippen LogP contribution in [-0.2, 0) is 9.47 Å². The summed E-state index contributed by atoms with van der Waals surface area (Å²) in [5.74, 6) is -0.485. The van der Waals surface area contributed by atoms with E-state index in [4.69, 9.17) is 32.7 Å². The maximum atomic E-state index is 12.2. The number of aromatic amines is 1. The zero-order valence-corrected chi connectivity index (χ0v) is 19.2. The molecule has 0 saturated heterocycles. The number of benzene rings is 3. The largest absolute Gasteiger partial charge is 0.435 e. The molecule has 1 heterocycles. The maximum Gasteiger partial charge on any atom is 0.342 e. The highest BCUT2D eigenvalue weighted by Crippen LogP contribution is 2.36. The number of carbonyl (C=O) groups is 1. The number of anilines is 2. The minimum Gasteiger partial charge on any atom is -0.435 e. The summed E-state index contributed by atoms with van der Waals surface area (Å²) >= 11 is 12.5. The smallest absolute Gasteiger partial charge is 0.342 e. The Morgan fingerprint density at radius 2 is 1.81 bits per heavy atom. The Morgan fingerprint density at radius 3 is 2.59 bits per heavy atom. The predicted octanol–water partition coefficient (Wildman–Crippen LogP) is 6.76. The number of aromatic nitrogens is 2. The highest BCUT2D eigenvalue weighted by atomic mass is 35.5. The normalized spacial score (nSPS) is 10.4. The van der Waals surface area contributed by atoms with E-state index in [2.05, 4.69) is 15.5 Å². The summed E-state index contributed by atoms with van der Waals surface area (Å²) < 4.78 is 10.1. The Bertz CT molecular complexity index is 1160. The van der Waals surface area contributed by atoms with E-state index in [0.29, 0.717) is 33.6 Å². The van der Waals surface area contributed by atoms with Crippen molar-refractivity contribution in [2.45, 2.75) is 13.8 Å². The number of H-pyrrole nitrogens is 1. The number of esters is 1. The molecular weight excluding hydrogens is 449 g/mol. The van der Waals surface area contributed by atoms with Crippen molar-refractivity contribution in [2.75, 3.05) is 18.7 Å². The SMILES string of the molecule is CCOCOC(=O)c1ccccc1Nc1c(Cl)ccc(C)c1Cl.c1ccc2[nH]ncc2c1. The average molecular weight is 472 g/mol. The molecule has 0 fully saturated rings. The number of hydrogen-bond donors (Lipinski definition) is 2. The fourth-order valence-corrected chi connectivity index (χ4v) is 3.28. The number of nitrogens with one attached hydrogen (secondary N) is 2. The van der Waals surface area contributed by atoms with Crippen LogP contribution in [0.15, 0.2) is 66.9 Å². The molecule has 4 aromatic rings. The highest BCUT2D eigenvalue weighted by Gasteiger charge is 2.15. The maximum absolute atomic E-state index is 12.2. The summed E-state index contributed by atoms with van der Waals surface area (Å²) in [5, 5.41) is 12.0. The molecule has 6 nitrogen and oxygen atoms in total. The molecule has 0 amide bonds. The van der Waals surface area contributed by atoms with Gasteiger partial charge in [0.05, 0.1) is 38.7 Å². The molecule has 0 unspecified atom stereocenters. The first-order valence-electron chi connectivity index (χ1n) is 9.95. The monoisotopic (exact) mass is 471 g/mol. The van der Waals surface area contributed by atoms with Crippen LogP contribution in [0.3, 0.4) is 0 Å². The lowest BCUT2D eigenvalue weighted by Crippen LogP contribution is -2.11. The molecule has 4 rings (SSSR count). The fraction of sp³-hybridized carbons (Fsp3) is 0.167. The number of carbonyl (C=O) groups excluding carboxylic acids is 1. The van der Waals surface area contributed by atoms with Crippen molar-refractivity contribution in [3.63, 3.8) is 0 Å². The van der Waals surface area contributed by atoms with Gasteiger partial charge in [-0.1, -0.05) is 59.6 Å². The van der Waals surface area contributed by atoms with Crippen molar-refractivity contribution in [1.82, 2.24) is 10.2 Å². The van der Waals surface area contributed by atoms with Crippen LogP contribution in [0.2, 0.25) is 10.0 Å². The molecule has 0 aliphatic carbocycles. The van der Waals surface area contributed by atoms with Gasteiger partial charge in [-0.15, -0.1) is 0 Å². The van der Waals surface area contributed by atoms with Gasteiger partial charge in [-0.05, 0) is 43.7 Å². The van der Waals surface area contributed by atoms with Crippen LogP contribution in [0, 0.1) is 6.92 Å². The average Bonchev–Trinajstić information content (AvgIpc) is 3.29. The van der Waals surface area contributed by atoms with Crippen molar-refractivity contribution >= 4 is 51.4 Å². The molecule has 2 N–H and O–H groups in total. The lowest BCUT2D eigenvalue weighted by molar-refractivity contribution is -0.0273. The molecule has 0 spiro atoms. The van der Waals surface area contributed by atoms with E-state index in [0.717, 1.165) is 16.5 Å². The first kappa shape index (κ1) is 23.6. The van der Waals surface area contributed by atoms with Gasteiger partial charge in [-0.3, -0.25) is 5.10 Å². The molecule has 0 bridgehead atoms. The van der Waals surface area contributed by atoms with Gasteiger partial charge in [-0.2, -0.15) is 5.10 Å². The van der Waals surface area contributed by atoms with Crippen LogP contribution in [0.1, 0.15) is 22.8 Å². The first-order valence-corrected chi connectivity index (χ1v) is 10.7. The van der Waals surface area contributed by atoms with E-state index >= 15 is 0 Å². The Kier molecular flexibility index (Phi) is 8.50. The van der Waals surface area contributed by atoms with Crippen molar-refractivity contribution in [1.29, 1.82) is 0 Å². The van der Waals surface area contributed by atoms with Crippen molar-refractivity contribution in [3.8, 4) is 0 Å². The second-order valence-electron chi connectivity index (χ2n) is 6.72. The highest BCUT2D eigenvalue weighted by molar-refractivity contribution is 6.39. The van der Waals surface area contributed by atoms with Gasteiger partial charge in [-0.25, -0.2) is 4.79 Å². The molecule has 3 aromatic carbocycles. The Morgan fingerprint density at radius 1 is 1.06 bits per heavy atom. The number of fused-ring (bicyclic) bond motifs is 1. The van der Waals surface area contributed by atoms with Crippen LogP contribution >= 0.6 is 23.2 Å². The fourth-order valence-electron chi connectivity index (χ4n) is 2.82. The van der Waals surface area contributed by atoms with Gasteiger partial charge in [0.1, 0.15) is 0 Å². The van der Waals surface area contributed by atoms with Crippen LogP contribution in [0.25, 0.3) is 10.9 Å². The number of rotatable bonds is 6. The number of hydrogen-bond acceptors (Lipinski definition) is 5. The third-order valence-electron chi connectivity index (χ3n) is 4.52. The number of aryl methyl sites for hydroxylation is 1. The Balaban J connectivity index is 0.000000264. The summed E-state index contributed by atoms with van der Waals surface area (Å²) in [6.07, 6.45) is 1.81. The van der Waals surface area contributed by atoms with Gasteiger partial charge < -0.3 is 14.8 Å². The van der Waals surface area contributed by atoms with Gasteiger partial charge in [0, 0.05) is 12.0 Å². The van der Waals surface area contributed by atoms with Crippen LogP contribution in [-0.4, -0.2) is 29.6 Å². The van der Waals surface area contributed by atoms with Crippen LogP contribution < -0.4 is 5.32 Å². The van der Waals surface area contributed by atoms with Gasteiger partial charge in [0.25, 0.3) is 0 Å². The van der Waals surface area contributed by atoms with Gasteiger partial charge in [0.15, 0.2) is 6.79 Å². The molecular formula is C24H23Cl2N3O3. The quantitative estimate of drug-likeness (QED) is 0.184. The molecule has 1 aromatic heterocycles. The Hall–Kier alpha value is -3.06. The molecule has 166 valence electrons. The molecule has 0 radical (unpaired) electrons. The number of nitrogens with zero attached hydrogens (tertiary/aromatic N) is 1. The Labute approximate surface area is 196 Å². The van der Waals surface area contributed by atoms with Crippen molar-refractivity contribution < 1.29 is 14.3 Å². The molecule has 0 saturated carbocycles. The van der Waals surface area contributed by atoms with Gasteiger partial charge in [0.2, 0.25) is 0 Å². The van der Waals surface area contributed by atoms with E-state index in [1.165, 1.54) is 0 Å². The summed E-state index contributed by atoms with van der Waals surface area (Å²) in [5.41, 5.74) is 3.47. The van der Waals surface area contributed by atoms with E-state index in [-0.39, 0.29) is 6.79 Å². The van der Waals surface area contributed by atoms with Crippen LogP contribution in [0.5, 0.6) is 0 Å². The van der Waals surface area contributed by atoms with E-state index in [1.807, 2.05) is 50.4 Å². The molecule has 0 atom stereocenters. The van der Waals surface area contributed by atoms with Crippen molar-refractivity contribution in [2.24, 2.45) is 0 Å². The third-order valence-corrected chi connectivity index (χ3v) is 5.32. The number of para-hydroxylation sites is 2. The summed E-state index contributed by atoms with van der Waals surface area (Å²) in [6.45, 7) is 4.09. The second kappa shape index (κ2) is 11.5. The molecule has 0 aliphatic heterocycles. The lowest BCUT2D eigenvalue weighted by atomic mass is 10.1. The standard InChI is InChI=1S/C17H17Cl2NO3.C7H6N2/c1-3-22-10-23-17(21)12-6-4-5-7-14(12)20-16-13(18)9-8-11(2)15(16)19;1-2-4-7-6(3-1)5-8-9-7/h4-9,20H,3,10H2,1-2H3;1-5H,(H,8,9). The number of halogens is 2.